The summed E-state index contributed by atoms with van der Waals surface area (Å²) in [5.41, 5.74) is -0.0179. The van der Waals surface area contributed by atoms with Crippen LogP contribution in [-0.4, -0.2) is 71.7 Å². The van der Waals surface area contributed by atoms with Crippen LogP contribution in [0.25, 0.3) is 0 Å². The van der Waals surface area contributed by atoms with Gasteiger partial charge in [-0.1, -0.05) is 45.2 Å². The molecule has 4 aliphatic rings. The molecule has 4 fully saturated rings. The Bertz CT molecular complexity index is 1040. The van der Waals surface area contributed by atoms with Crippen molar-refractivity contribution in [3.05, 3.63) is 35.6 Å². The lowest BCUT2D eigenvalue weighted by Gasteiger charge is -2.49. The summed E-state index contributed by atoms with van der Waals surface area (Å²) < 4.78 is 28.4. The molecule has 0 bridgehead atoms. The second-order valence-corrected chi connectivity index (χ2v) is 13.8. The minimum absolute atomic E-state index is 0.0664. The van der Waals surface area contributed by atoms with Gasteiger partial charge in [-0.3, -0.25) is 4.79 Å². The van der Waals surface area contributed by atoms with Crippen molar-refractivity contribution >= 4 is 11.9 Å². The largest absolute Gasteiger partial charge is 0.341 e. The van der Waals surface area contributed by atoms with Gasteiger partial charge in [-0.2, -0.15) is 0 Å². The van der Waals surface area contributed by atoms with Crippen LogP contribution >= 0.6 is 0 Å². The van der Waals surface area contributed by atoms with Crippen molar-refractivity contribution < 1.29 is 18.4 Å². The summed E-state index contributed by atoms with van der Waals surface area (Å²) in [7, 11) is 0. The zero-order valence-corrected chi connectivity index (χ0v) is 25.8. The molecule has 0 radical (unpaired) electrons. The van der Waals surface area contributed by atoms with Crippen molar-refractivity contribution in [1.82, 2.24) is 20.4 Å². The highest BCUT2D eigenvalue weighted by molar-refractivity contribution is 5.87. The summed E-state index contributed by atoms with van der Waals surface area (Å²) in [4.78, 5) is 31.4. The van der Waals surface area contributed by atoms with Crippen LogP contribution in [0.5, 0.6) is 0 Å². The predicted molar refractivity (Wildman–Crippen MR) is 162 cm³/mol. The molecule has 42 heavy (non-hydrogen) atoms. The third-order valence-electron chi connectivity index (χ3n) is 11.0. The summed E-state index contributed by atoms with van der Waals surface area (Å²) in [6.45, 7) is 6.75. The maximum atomic E-state index is 14.8. The van der Waals surface area contributed by atoms with E-state index in [0.29, 0.717) is 57.8 Å². The number of nitrogens with one attached hydrogen (secondary N) is 2. The maximum absolute atomic E-state index is 14.8. The number of hydrogen-bond donors (Lipinski definition) is 2. The Morgan fingerprint density at radius 3 is 2.12 bits per heavy atom. The van der Waals surface area contributed by atoms with Crippen LogP contribution in [0.15, 0.2) is 24.3 Å². The average Bonchev–Trinajstić information content (AvgIpc) is 3.77. The third kappa shape index (κ3) is 7.64. The summed E-state index contributed by atoms with van der Waals surface area (Å²) in [5.74, 6) is 0.230. The topological polar surface area (TPSA) is 64.7 Å². The molecule has 0 spiro atoms. The molecule has 2 aliphatic carbocycles. The SMILES string of the molecule is CCC1CN(C(=O)N[C@H](Cc2ccc(F)cc2)C(=O)N2CCC(CCC3(F)CC3)(C3CCCCC3)CC2)CC(CC)N1. The fourth-order valence-electron chi connectivity index (χ4n) is 7.83. The van der Waals surface area contributed by atoms with Gasteiger partial charge in [0.05, 0.1) is 0 Å². The number of hydrogen-bond acceptors (Lipinski definition) is 3. The smallest absolute Gasteiger partial charge is 0.318 e. The first-order valence-corrected chi connectivity index (χ1v) is 16.8. The Hall–Kier alpha value is -2.22. The first-order chi connectivity index (χ1) is 20.2. The van der Waals surface area contributed by atoms with E-state index in [0.717, 1.165) is 37.7 Å². The number of piperazine rings is 1. The van der Waals surface area contributed by atoms with Gasteiger partial charge in [0.25, 0.3) is 0 Å². The van der Waals surface area contributed by atoms with E-state index in [9.17, 15) is 18.4 Å². The van der Waals surface area contributed by atoms with Crippen LogP contribution in [0.3, 0.4) is 0 Å². The number of likely N-dealkylation sites (tertiary alicyclic amines) is 1. The molecule has 0 aromatic heterocycles. The van der Waals surface area contributed by atoms with Gasteiger partial charge >= 0.3 is 6.03 Å². The molecule has 2 heterocycles. The van der Waals surface area contributed by atoms with Crippen molar-refractivity contribution in [2.75, 3.05) is 26.2 Å². The number of nitrogens with zero attached hydrogens (tertiary/aromatic N) is 2. The van der Waals surface area contributed by atoms with Crippen LogP contribution in [0.2, 0.25) is 0 Å². The van der Waals surface area contributed by atoms with E-state index >= 15 is 0 Å². The third-order valence-corrected chi connectivity index (χ3v) is 11.0. The van der Waals surface area contributed by atoms with Gasteiger partial charge in [-0.15, -0.1) is 0 Å². The van der Waals surface area contributed by atoms with Gasteiger partial charge in [-0.05, 0) is 93.2 Å². The molecule has 5 rings (SSSR count). The van der Waals surface area contributed by atoms with Gasteiger partial charge in [0.15, 0.2) is 0 Å². The minimum atomic E-state index is -0.948. The summed E-state index contributed by atoms with van der Waals surface area (Å²) >= 11 is 0. The maximum Gasteiger partial charge on any atom is 0.318 e. The summed E-state index contributed by atoms with van der Waals surface area (Å²) in [5, 5.41) is 6.71. The highest BCUT2D eigenvalue weighted by Gasteiger charge is 2.48. The molecule has 2 aliphatic heterocycles. The number of urea groups is 1. The Labute approximate surface area is 251 Å². The van der Waals surface area contributed by atoms with E-state index in [1.54, 1.807) is 12.1 Å². The Morgan fingerprint density at radius 2 is 1.55 bits per heavy atom. The van der Waals surface area contributed by atoms with Gasteiger partial charge in [0.2, 0.25) is 5.91 Å². The molecule has 2 saturated heterocycles. The van der Waals surface area contributed by atoms with Crippen molar-refractivity contribution in [2.24, 2.45) is 11.3 Å². The second kappa shape index (κ2) is 13.6. The number of piperidine rings is 1. The molecule has 8 heteroatoms. The summed E-state index contributed by atoms with van der Waals surface area (Å²) in [6, 6.07) is 5.74. The molecule has 2 unspecified atom stereocenters. The van der Waals surface area contributed by atoms with Crippen LogP contribution in [-0.2, 0) is 11.2 Å². The van der Waals surface area contributed by atoms with Gasteiger partial charge in [-0.25, -0.2) is 13.6 Å². The number of halogens is 2. The molecule has 1 aromatic carbocycles. The monoisotopic (exact) mass is 586 g/mol. The molecule has 3 amide bonds. The number of alkyl halides is 1. The fraction of sp³-hybridized carbons (Fsp3) is 0.765. The van der Waals surface area contributed by atoms with E-state index in [-0.39, 0.29) is 35.3 Å². The molecule has 234 valence electrons. The summed E-state index contributed by atoms with van der Waals surface area (Å²) in [6.07, 6.45) is 13.2. The zero-order valence-electron chi connectivity index (χ0n) is 25.8. The van der Waals surface area contributed by atoms with E-state index < -0.39 is 11.7 Å². The van der Waals surface area contributed by atoms with Crippen molar-refractivity contribution in [1.29, 1.82) is 0 Å². The molecule has 6 nitrogen and oxygen atoms in total. The first kappa shape index (κ1) is 31.2. The number of amides is 3. The van der Waals surface area contributed by atoms with Crippen LogP contribution < -0.4 is 10.6 Å². The molecular weight excluding hydrogens is 534 g/mol. The van der Waals surface area contributed by atoms with Gasteiger partial charge < -0.3 is 20.4 Å². The Morgan fingerprint density at radius 1 is 0.929 bits per heavy atom. The molecule has 2 N–H and O–H groups in total. The highest BCUT2D eigenvalue weighted by Crippen LogP contribution is 2.53. The van der Waals surface area contributed by atoms with Crippen LogP contribution in [0.1, 0.15) is 103 Å². The highest BCUT2D eigenvalue weighted by atomic mass is 19.1. The molecule has 2 saturated carbocycles. The second-order valence-electron chi connectivity index (χ2n) is 13.8. The van der Waals surface area contributed by atoms with E-state index in [2.05, 4.69) is 24.5 Å². The number of rotatable bonds is 10. The molecule has 1 aromatic rings. The van der Waals surface area contributed by atoms with Gasteiger partial charge in [0, 0.05) is 44.7 Å². The quantitative estimate of drug-likeness (QED) is 0.334. The average molecular weight is 587 g/mol. The first-order valence-electron chi connectivity index (χ1n) is 16.8. The Kier molecular flexibility index (Phi) is 10.1. The Balaban J connectivity index is 1.28. The van der Waals surface area contributed by atoms with E-state index in [1.165, 1.54) is 44.2 Å². The lowest BCUT2D eigenvalue weighted by atomic mass is 9.61. The number of carbonyl (C=O) groups is 2. The van der Waals surface area contributed by atoms with E-state index in [4.69, 9.17) is 0 Å². The van der Waals surface area contributed by atoms with Crippen molar-refractivity contribution in [3.63, 3.8) is 0 Å². The van der Waals surface area contributed by atoms with Crippen LogP contribution in [0, 0.1) is 17.2 Å². The van der Waals surface area contributed by atoms with Crippen LogP contribution in [0.4, 0.5) is 13.6 Å². The predicted octanol–water partition coefficient (Wildman–Crippen LogP) is 6.38. The standard InChI is InChI=1S/C34H52F2N4O2/c1-3-28-23-40(24-29(4-2)37-28)32(42)38-30(22-25-10-12-27(35)13-11-25)31(41)39-20-18-33(19-21-39,14-15-34(36)16-17-34)26-8-6-5-7-9-26/h10-13,26,28-30,37H,3-9,14-24H2,1-2H3,(H,38,42)/t28?,29?,30-/m1/s1. The van der Waals surface area contributed by atoms with Gasteiger partial charge in [0.1, 0.15) is 17.5 Å². The van der Waals surface area contributed by atoms with Crippen molar-refractivity contribution in [3.8, 4) is 0 Å². The number of benzene rings is 1. The van der Waals surface area contributed by atoms with E-state index in [1.807, 2.05) is 9.80 Å². The lowest BCUT2D eigenvalue weighted by Crippen LogP contribution is -2.62. The minimum Gasteiger partial charge on any atom is -0.341 e. The van der Waals surface area contributed by atoms with Crippen molar-refractivity contribution in [2.45, 2.75) is 128 Å². The molecule has 3 atom stereocenters. The fourth-order valence-corrected chi connectivity index (χ4v) is 7.83. The molecular formula is C34H52F2N4O2. The lowest BCUT2D eigenvalue weighted by molar-refractivity contribution is -0.136. The number of carbonyl (C=O) groups excluding carboxylic acids is 2. The normalized spacial score (nSPS) is 26.5. The zero-order chi connectivity index (χ0) is 29.7.